The molecule has 4 heteroatoms. The number of benzene rings is 1. The monoisotopic (exact) mass is 248 g/mol. The van der Waals surface area contributed by atoms with Crippen LogP contribution in [0.1, 0.15) is 35.2 Å². The van der Waals surface area contributed by atoms with Gasteiger partial charge in [0.05, 0.1) is 0 Å². The summed E-state index contributed by atoms with van der Waals surface area (Å²) in [5.41, 5.74) is 6.96. The number of carbonyl (C=O) groups is 1. The predicted octanol–water partition coefficient (Wildman–Crippen LogP) is 1.65. The number of likely N-dealkylation sites (tertiary alicyclic amines) is 1. The van der Waals surface area contributed by atoms with Crippen molar-refractivity contribution in [2.75, 3.05) is 13.1 Å². The average Bonchev–Trinajstić information content (AvgIpc) is 2.41. The molecule has 1 atom stereocenters. The van der Waals surface area contributed by atoms with Gasteiger partial charge in [-0.15, -0.1) is 0 Å². The molecule has 1 aromatic carbocycles. The van der Waals surface area contributed by atoms with Crippen molar-refractivity contribution >= 4 is 5.91 Å². The molecule has 1 aliphatic rings. The second-order valence-electron chi connectivity index (χ2n) is 4.83. The van der Waals surface area contributed by atoms with E-state index in [2.05, 4.69) is 0 Å². The van der Waals surface area contributed by atoms with Crippen molar-refractivity contribution in [3.05, 3.63) is 29.3 Å². The molecule has 98 valence electrons. The quantitative estimate of drug-likeness (QED) is 0.836. The Morgan fingerprint density at radius 1 is 1.50 bits per heavy atom. The summed E-state index contributed by atoms with van der Waals surface area (Å²) in [5, 5.41) is 9.68. The largest absolute Gasteiger partial charge is 0.508 e. The maximum absolute atomic E-state index is 12.5. The summed E-state index contributed by atoms with van der Waals surface area (Å²) >= 11 is 0. The SMILES string of the molecule is Cc1c(O)cccc1C(=O)N1CCCCC1CN. The maximum Gasteiger partial charge on any atom is 0.254 e. The highest BCUT2D eigenvalue weighted by Crippen LogP contribution is 2.24. The van der Waals surface area contributed by atoms with E-state index in [0.29, 0.717) is 17.7 Å². The van der Waals surface area contributed by atoms with Gasteiger partial charge in [0, 0.05) is 30.3 Å². The van der Waals surface area contributed by atoms with Crippen LogP contribution in [0.2, 0.25) is 0 Å². The number of rotatable bonds is 2. The summed E-state index contributed by atoms with van der Waals surface area (Å²) in [5.74, 6) is 0.153. The van der Waals surface area contributed by atoms with Crippen molar-refractivity contribution in [3.63, 3.8) is 0 Å². The van der Waals surface area contributed by atoms with E-state index in [1.165, 1.54) is 0 Å². The van der Waals surface area contributed by atoms with Gasteiger partial charge in [-0.3, -0.25) is 4.79 Å². The third-order valence-electron chi connectivity index (χ3n) is 3.70. The number of hydrogen-bond acceptors (Lipinski definition) is 3. The summed E-state index contributed by atoms with van der Waals surface area (Å²) in [4.78, 5) is 14.4. The number of piperidine rings is 1. The lowest BCUT2D eigenvalue weighted by molar-refractivity contribution is 0.0622. The minimum absolute atomic E-state index is 0.0152. The normalized spacial score (nSPS) is 19.9. The minimum atomic E-state index is -0.0152. The molecular formula is C14H20N2O2. The first kappa shape index (κ1) is 12.9. The average molecular weight is 248 g/mol. The highest BCUT2D eigenvalue weighted by Gasteiger charge is 2.27. The van der Waals surface area contributed by atoms with Gasteiger partial charge < -0.3 is 15.7 Å². The Morgan fingerprint density at radius 2 is 2.28 bits per heavy atom. The molecule has 18 heavy (non-hydrogen) atoms. The van der Waals surface area contributed by atoms with Crippen LogP contribution < -0.4 is 5.73 Å². The van der Waals surface area contributed by atoms with Gasteiger partial charge in [0.25, 0.3) is 5.91 Å². The molecule has 2 rings (SSSR count). The second kappa shape index (κ2) is 5.40. The first-order valence-electron chi connectivity index (χ1n) is 6.44. The van der Waals surface area contributed by atoms with Crippen LogP contribution in [0.3, 0.4) is 0 Å². The molecule has 0 spiro atoms. The topological polar surface area (TPSA) is 66.6 Å². The fraction of sp³-hybridized carbons (Fsp3) is 0.500. The Morgan fingerprint density at radius 3 is 3.00 bits per heavy atom. The smallest absolute Gasteiger partial charge is 0.254 e. The number of aromatic hydroxyl groups is 1. The van der Waals surface area contributed by atoms with Gasteiger partial charge in [-0.1, -0.05) is 6.07 Å². The Balaban J connectivity index is 2.27. The molecule has 1 fully saturated rings. The molecule has 1 unspecified atom stereocenters. The summed E-state index contributed by atoms with van der Waals surface area (Å²) in [7, 11) is 0. The first-order valence-corrected chi connectivity index (χ1v) is 6.44. The summed E-state index contributed by atoms with van der Waals surface area (Å²) in [6, 6.07) is 5.20. The van der Waals surface area contributed by atoms with Crippen LogP contribution in [-0.2, 0) is 0 Å². The van der Waals surface area contributed by atoms with Crippen molar-refractivity contribution in [2.45, 2.75) is 32.2 Å². The number of hydrogen-bond donors (Lipinski definition) is 2. The van der Waals surface area contributed by atoms with Crippen LogP contribution in [-0.4, -0.2) is 35.0 Å². The van der Waals surface area contributed by atoms with Crippen molar-refractivity contribution in [3.8, 4) is 5.75 Å². The van der Waals surface area contributed by atoms with E-state index in [1.807, 2.05) is 4.90 Å². The van der Waals surface area contributed by atoms with Gasteiger partial charge in [-0.2, -0.15) is 0 Å². The minimum Gasteiger partial charge on any atom is -0.508 e. The third kappa shape index (κ3) is 2.34. The van der Waals surface area contributed by atoms with Crippen LogP contribution in [0.25, 0.3) is 0 Å². The zero-order valence-corrected chi connectivity index (χ0v) is 10.7. The van der Waals surface area contributed by atoms with E-state index < -0.39 is 0 Å². The van der Waals surface area contributed by atoms with Gasteiger partial charge in [0.15, 0.2) is 0 Å². The van der Waals surface area contributed by atoms with E-state index in [1.54, 1.807) is 25.1 Å². The third-order valence-corrected chi connectivity index (χ3v) is 3.70. The van der Waals surface area contributed by atoms with Gasteiger partial charge in [0.1, 0.15) is 5.75 Å². The fourth-order valence-corrected chi connectivity index (χ4v) is 2.52. The number of amides is 1. The molecular weight excluding hydrogens is 228 g/mol. The molecule has 4 nitrogen and oxygen atoms in total. The first-order chi connectivity index (χ1) is 8.65. The zero-order chi connectivity index (χ0) is 13.1. The van der Waals surface area contributed by atoms with Crippen LogP contribution in [0.5, 0.6) is 5.75 Å². The fourth-order valence-electron chi connectivity index (χ4n) is 2.52. The number of phenolic OH excluding ortho intramolecular Hbond substituents is 1. The van der Waals surface area contributed by atoms with Crippen LogP contribution >= 0.6 is 0 Å². The van der Waals surface area contributed by atoms with Crippen LogP contribution in [0.4, 0.5) is 0 Å². The maximum atomic E-state index is 12.5. The summed E-state index contributed by atoms with van der Waals surface area (Å²) < 4.78 is 0. The van der Waals surface area contributed by atoms with E-state index in [9.17, 15) is 9.90 Å². The molecule has 0 aromatic heterocycles. The van der Waals surface area contributed by atoms with Gasteiger partial charge >= 0.3 is 0 Å². The Kier molecular flexibility index (Phi) is 3.87. The van der Waals surface area contributed by atoms with E-state index in [-0.39, 0.29) is 17.7 Å². The number of nitrogens with zero attached hydrogens (tertiary/aromatic N) is 1. The number of nitrogens with two attached hydrogens (primary N) is 1. The van der Waals surface area contributed by atoms with Gasteiger partial charge in [-0.25, -0.2) is 0 Å². The standard InChI is InChI=1S/C14H20N2O2/c1-10-12(6-4-7-13(10)17)14(18)16-8-3-2-5-11(16)9-15/h4,6-7,11,17H,2-3,5,8-9,15H2,1H3. The van der Waals surface area contributed by atoms with Crippen LogP contribution in [0, 0.1) is 6.92 Å². The highest BCUT2D eigenvalue weighted by molar-refractivity contribution is 5.96. The lowest BCUT2D eigenvalue weighted by Crippen LogP contribution is -2.47. The Labute approximate surface area is 107 Å². The summed E-state index contributed by atoms with van der Waals surface area (Å²) in [6.07, 6.45) is 3.13. The molecule has 0 radical (unpaired) electrons. The lowest BCUT2D eigenvalue weighted by Gasteiger charge is -2.35. The Bertz CT molecular complexity index is 445. The van der Waals surface area contributed by atoms with Crippen molar-refractivity contribution in [1.29, 1.82) is 0 Å². The van der Waals surface area contributed by atoms with Crippen molar-refractivity contribution in [1.82, 2.24) is 4.90 Å². The molecule has 0 aliphatic carbocycles. The van der Waals surface area contributed by atoms with Crippen molar-refractivity contribution < 1.29 is 9.90 Å². The lowest BCUT2D eigenvalue weighted by atomic mass is 9.99. The van der Waals surface area contributed by atoms with Gasteiger partial charge in [-0.05, 0) is 38.3 Å². The molecule has 1 saturated heterocycles. The molecule has 1 aromatic rings. The number of carbonyl (C=O) groups excluding carboxylic acids is 1. The molecule has 1 aliphatic heterocycles. The highest BCUT2D eigenvalue weighted by atomic mass is 16.3. The molecule has 1 heterocycles. The molecule has 3 N–H and O–H groups in total. The van der Waals surface area contributed by atoms with E-state index >= 15 is 0 Å². The zero-order valence-electron chi connectivity index (χ0n) is 10.7. The number of phenols is 1. The van der Waals surface area contributed by atoms with E-state index in [0.717, 1.165) is 25.8 Å². The molecule has 0 bridgehead atoms. The summed E-state index contributed by atoms with van der Waals surface area (Å²) in [6.45, 7) is 3.03. The van der Waals surface area contributed by atoms with Crippen LogP contribution in [0.15, 0.2) is 18.2 Å². The van der Waals surface area contributed by atoms with Crippen molar-refractivity contribution in [2.24, 2.45) is 5.73 Å². The predicted molar refractivity (Wildman–Crippen MR) is 70.6 cm³/mol. The van der Waals surface area contributed by atoms with E-state index in [4.69, 9.17) is 5.73 Å². The second-order valence-corrected chi connectivity index (χ2v) is 4.83. The molecule has 1 amide bonds. The van der Waals surface area contributed by atoms with Gasteiger partial charge in [0.2, 0.25) is 0 Å². The Hall–Kier alpha value is -1.55. The molecule has 0 saturated carbocycles.